The van der Waals surface area contributed by atoms with E-state index in [0.29, 0.717) is 18.4 Å². The second-order valence-electron chi connectivity index (χ2n) is 20.1. The third kappa shape index (κ3) is 11.4. The van der Waals surface area contributed by atoms with Crippen LogP contribution in [0, 0.1) is 19.8 Å². The van der Waals surface area contributed by atoms with E-state index in [2.05, 4.69) is 285 Å². The lowest BCUT2D eigenvalue weighted by Gasteiger charge is -2.34. The highest BCUT2D eigenvalue weighted by Gasteiger charge is 2.34. The molecule has 70 heavy (non-hydrogen) atoms. The van der Waals surface area contributed by atoms with E-state index < -0.39 is 0 Å². The van der Waals surface area contributed by atoms with Gasteiger partial charge in [-0.2, -0.15) is 0 Å². The average Bonchev–Trinajstić information content (AvgIpc) is 3.67. The van der Waals surface area contributed by atoms with Gasteiger partial charge in [0.15, 0.2) is 0 Å². The first-order valence-electron chi connectivity index (χ1n) is 24.7. The van der Waals surface area contributed by atoms with Crippen molar-refractivity contribution in [3.8, 4) is 50.3 Å². The Balaban J connectivity index is 1.44. The fraction of sp³-hybridized carbons (Fsp3) is 0.266. The van der Waals surface area contributed by atoms with Crippen LogP contribution in [0.2, 0.25) is 0 Å². The van der Waals surface area contributed by atoms with Crippen LogP contribution in [0.4, 0.5) is 5.69 Å². The lowest BCUT2D eigenvalue weighted by molar-refractivity contribution is 0.153. The number of benzene rings is 7. The Hall–Kier alpha value is -5.27. The summed E-state index contributed by atoms with van der Waals surface area (Å²) in [6.45, 7) is 21.3. The van der Waals surface area contributed by atoms with Crippen LogP contribution in [0.5, 0.6) is 5.75 Å². The van der Waals surface area contributed by atoms with Crippen LogP contribution in [0.25, 0.3) is 44.5 Å². The topological polar surface area (TPSA) is 26.5 Å². The van der Waals surface area contributed by atoms with Gasteiger partial charge < -0.3 is 9.30 Å². The Morgan fingerprint density at radius 2 is 0.971 bits per heavy atom. The number of hydrogen-bond donors (Lipinski definition) is 0. The van der Waals surface area contributed by atoms with E-state index in [-0.39, 0.29) is 17.4 Å². The number of aryl methyl sites for hydroxylation is 2. The average molecular weight is 1120 g/mol. The molecule has 8 rings (SSSR count). The summed E-state index contributed by atoms with van der Waals surface area (Å²) < 4.78 is 13.6. The highest BCUT2D eigenvalue weighted by Crippen LogP contribution is 2.55. The van der Waals surface area contributed by atoms with Gasteiger partial charge in [-0.25, -0.2) is 0 Å². The third-order valence-electron chi connectivity index (χ3n) is 14.0. The van der Waals surface area contributed by atoms with Crippen molar-refractivity contribution in [3.63, 3.8) is 0 Å². The van der Waals surface area contributed by atoms with Crippen molar-refractivity contribution in [1.82, 2.24) is 4.57 Å². The van der Waals surface area contributed by atoms with Gasteiger partial charge in [0.05, 0.1) is 12.2 Å². The molecule has 358 valence electrons. The minimum atomic E-state index is -0.298. The van der Waals surface area contributed by atoms with Crippen molar-refractivity contribution in [2.24, 2.45) is 10.9 Å². The quantitative estimate of drug-likeness (QED) is 0.0835. The standard InChI is InChI=1S/C64H65Br3N2O/c1-41(2)55-26-19-27-56(42(3)4)62(55)68-45(7)50(39-64(8,9)51-24-17-12-18-25-51)38-54(40-69-43(5)28-29-44(69)6)70-63-59(48-30-34-52(65)35-31-48)57(46-20-13-10-14-21-46)61(67)58(47-22-15-11-16-23-47)60(63)49-32-36-53(66)37-33-49/h10-37,41-42,50,54H,38-40H2,1-9H3. The van der Waals surface area contributed by atoms with Crippen LogP contribution in [-0.2, 0) is 12.0 Å². The van der Waals surface area contributed by atoms with E-state index in [1.165, 1.54) is 28.1 Å². The van der Waals surface area contributed by atoms with Crippen molar-refractivity contribution < 1.29 is 4.74 Å². The minimum absolute atomic E-state index is 0.0431. The van der Waals surface area contributed by atoms with Gasteiger partial charge in [-0.1, -0.05) is 207 Å². The smallest absolute Gasteiger partial charge is 0.136 e. The zero-order valence-electron chi connectivity index (χ0n) is 42.0. The van der Waals surface area contributed by atoms with Crippen LogP contribution in [0.1, 0.15) is 101 Å². The molecule has 0 radical (unpaired) electrons. The van der Waals surface area contributed by atoms with E-state index in [0.717, 1.165) is 87.9 Å². The van der Waals surface area contributed by atoms with E-state index in [9.17, 15) is 0 Å². The number of para-hydroxylation sites is 1. The van der Waals surface area contributed by atoms with Gasteiger partial charge in [0.2, 0.25) is 0 Å². The van der Waals surface area contributed by atoms with Crippen LogP contribution in [0.3, 0.4) is 0 Å². The lowest BCUT2D eigenvalue weighted by atomic mass is 9.74. The molecule has 0 aliphatic rings. The Morgan fingerprint density at radius 1 is 0.543 bits per heavy atom. The molecule has 0 aliphatic carbocycles. The minimum Gasteiger partial charge on any atom is -0.487 e. The summed E-state index contributed by atoms with van der Waals surface area (Å²) in [4.78, 5) is 5.78. The molecule has 0 amide bonds. The summed E-state index contributed by atoms with van der Waals surface area (Å²) in [6.07, 6.45) is 1.30. The molecule has 0 spiro atoms. The summed E-state index contributed by atoms with van der Waals surface area (Å²) in [5.41, 5.74) is 16.9. The Kier molecular flexibility index (Phi) is 16.4. The highest BCUT2D eigenvalue weighted by molar-refractivity contribution is 9.11. The molecule has 0 saturated heterocycles. The van der Waals surface area contributed by atoms with Crippen molar-refractivity contribution in [2.45, 2.75) is 105 Å². The first kappa shape index (κ1) is 51.1. The molecule has 2 atom stereocenters. The monoisotopic (exact) mass is 1110 g/mol. The molecule has 7 aromatic carbocycles. The molecular formula is C64H65Br3N2O. The van der Waals surface area contributed by atoms with Gasteiger partial charge in [-0.05, 0) is 142 Å². The Morgan fingerprint density at radius 3 is 1.41 bits per heavy atom. The van der Waals surface area contributed by atoms with Gasteiger partial charge >= 0.3 is 0 Å². The van der Waals surface area contributed by atoms with Gasteiger partial charge in [0.25, 0.3) is 0 Å². The van der Waals surface area contributed by atoms with Crippen molar-refractivity contribution in [3.05, 3.63) is 211 Å². The molecular weight excluding hydrogens is 1050 g/mol. The van der Waals surface area contributed by atoms with E-state index in [1.54, 1.807) is 0 Å². The summed E-state index contributed by atoms with van der Waals surface area (Å²) in [6, 6.07) is 61.2. The molecule has 0 fully saturated rings. The normalized spacial score (nSPS) is 13.0. The number of nitrogens with zero attached hydrogens (tertiary/aromatic N) is 2. The summed E-state index contributed by atoms with van der Waals surface area (Å²) in [5, 5.41) is 0. The molecule has 3 nitrogen and oxygen atoms in total. The number of ether oxygens (including phenoxy) is 1. The second-order valence-corrected chi connectivity index (χ2v) is 22.7. The van der Waals surface area contributed by atoms with Gasteiger partial charge in [-0.3, -0.25) is 4.99 Å². The molecule has 8 aromatic rings. The fourth-order valence-corrected chi connectivity index (χ4v) is 11.5. The molecule has 0 aliphatic heterocycles. The maximum absolute atomic E-state index is 8.16. The second kappa shape index (κ2) is 22.4. The molecule has 0 bridgehead atoms. The number of halogens is 3. The third-order valence-corrected chi connectivity index (χ3v) is 15.8. The number of aromatic nitrogens is 1. The molecule has 6 heteroatoms. The fourth-order valence-electron chi connectivity index (χ4n) is 10.1. The van der Waals surface area contributed by atoms with E-state index >= 15 is 0 Å². The largest absolute Gasteiger partial charge is 0.487 e. The van der Waals surface area contributed by atoms with E-state index in [1.807, 2.05) is 0 Å². The lowest BCUT2D eigenvalue weighted by Crippen LogP contribution is -2.33. The highest BCUT2D eigenvalue weighted by atomic mass is 79.9. The predicted octanol–water partition coefficient (Wildman–Crippen LogP) is 19.9. The number of hydrogen-bond acceptors (Lipinski definition) is 2. The number of aliphatic imine (C=N–C) groups is 1. The zero-order valence-corrected chi connectivity index (χ0v) is 46.8. The Bertz CT molecular complexity index is 2910. The van der Waals surface area contributed by atoms with Crippen molar-refractivity contribution in [2.75, 3.05) is 0 Å². The van der Waals surface area contributed by atoms with Gasteiger partial charge in [0.1, 0.15) is 11.9 Å². The summed E-state index contributed by atoms with van der Waals surface area (Å²) in [5.74, 6) is 1.54. The number of rotatable bonds is 17. The molecule has 0 N–H and O–H groups in total. The predicted molar refractivity (Wildman–Crippen MR) is 309 cm³/mol. The maximum atomic E-state index is 8.16. The molecule has 0 saturated carbocycles. The summed E-state index contributed by atoms with van der Waals surface area (Å²) in [7, 11) is 0. The SMILES string of the molecule is CC(=Nc1c(C(C)C)cccc1C(C)C)C(CC(Cn1c(C)ccc1C)Oc1c(-c2ccc(Br)cc2)c(-c2ccccc2)c(Br)c(-c2ccccc2)c1-c1ccc(Br)cc1)CC(C)(C)c1ccccc1. The van der Waals surface area contributed by atoms with Crippen molar-refractivity contribution >= 4 is 59.2 Å². The van der Waals surface area contributed by atoms with Gasteiger partial charge in [-0.15, -0.1) is 0 Å². The first-order valence-corrected chi connectivity index (χ1v) is 27.0. The zero-order chi connectivity index (χ0) is 49.7. The van der Waals surface area contributed by atoms with Crippen LogP contribution >= 0.6 is 47.8 Å². The molecule has 2 unspecified atom stereocenters. The molecule has 1 aromatic heterocycles. The molecule has 1 heterocycles. The van der Waals surface area contributed by atoms with E-state index in [4.69, 9.17) is 9.73 Å². The first-order chi connectivity index (χ1) is 33.6. The van der Waals surface area contributed by atoms with Crippen molar-refractivity contribution in [1.29, 1.82) is 0 Å². The van der Waals surface area contributed by atoms with Crippen LogP contribution in [0.15, 0.2) is 188 Å². The maximum Gasteiger partial charge on any atom is 0.136 e. The van der Waals surface area contributed by atoms with Gasteiger partial charge in [0, 0.05) is 58.7 Å². The Labute approximate surface area is 442 Å². The summed E-state index contributed by atoms with van der Waals surface area (Å²) >= 11 is 11.9. The van der Waals surface area contributed by atoms with Crippen LogP contribution < -0.4 is 4.74 Å². The van der Waals surface area contributed by atoms with Crippen LogP contribution in [-0.4, -0.2) is 16.4 Å².